The van der Waals surface area contributed by atoms with E-state index in [2.05, 4.69) is 10.1 Å². The molecule has 1 saturated heterocycles. The van der Waals surface area contributed by atoms with Crippen LogP contribution in [0.5, 0.6) is 0 Å². The highest BCUT2D eigenvalue weighted by atomic mass is 19.1. The van der Waals surface area contributed by atoms with Crippen LogP contribution in [-0.2, 0) is 4.74 Å². The van der Waals surface area contributed by atoms with Crippen molar-refractivity contribution in [1.29, 1.82) is 0 Å². The number of esters is 1. The Kier molecular flexibility index (Phi) is 4.02. The second-order valence-corrected chi connectivity index (χ2v) is 6.14. The molecule has 8 heteroatoms. The zero-order chi connectivity index (χ0) is 18.3. The van der Waals surface area contributed by atoms with Crippen molar-refractivity contribution in [3.8, 4) is 0 Å². The van der Waals surface area contributed by atoms with E-state index in [1.807, 2.05) is 4.90 Å². The number of halogens is 2. The maximum atomic E-state index is 14.2. The van der Waals surface area contributed by atoms with E-state index in [-0.39, 0.29) is 6.04 Å². The van der Waals surface area contributed by atoms with Crippen molar-refractivity contribution in [3.05, 3.63) is 59.6 Å². The highest BCUT2D eigenvalue weighted by Crippen LogP contribution is 2.37. The van der Waals surface area contributed by atoms with Gasteiger partial charge in [-0.2, -0.15) is 5.10 Å². The number of anilines is 1. The van der Waals surface area contributed by atoms with E-state index < -0.39 is 17.6 Å². The van der Waals surface area contributed by atoms with E-state index >= 15 is 0 Å². The predicted molar refractivity (Wildman–Crippen MR) is 90.0 cm³/mol. The number of methoxy groups -OCH3 is 1. The van der Waals surface area contributed by atoms with Gasteiger partial charge in [0.1, 0.15) is 29.3 Å². The first-order chi connectivity index (χ1) is 12.6. The lowest BCUT2D eigenvalue weighted by atomic mass is 10.0. The van der Waals surface area contributed by atoms with Gasteiger partial charge in [0.2, 0.25) is 0 Å². The molecule has 0 bridgehead atoms. The summed E-state index contributed by atoms with van der Waals surface area (Å²) in [4.78, 5) is 18.2. The SMILES string of the molecule is COC(=O)c1cnn2cnc(N3CCCC3c3cc(F)ccc3F)cc12. The van der Waals surface area contributed by atoms with Gasteiger partial charge in [-0.15, -0.1) is 0 Å². The van der Waals surface area contributed by atoms with Crippen LogP contribution in [0.15, 0.2) is 36.8 Å². The third kappa shape index (κ3) is 2.67. The van der Waals surface area contributed by atoms with Gasteiger partial charge >= 0.3 is 5.97 Å². The molecule has 134 valence electrons. The molecule has 26 heavy (non-hydrogen) atoms. The van der Waals surface area contributed by atoms with Crippen LogP contribution in [-0.4, -0.2) is 34.2 Å². The average Bonchev–Trinajstić information content (AvgIpc) is 3.29. The van der Waals surface area contributed by atoms with Crippen molar-refractivity contribution < 1.29 is 18.3 Å². The molecule has 1 aromatic carbocycles. The summed E-state index contributed by atoms with van der Waals surface area (Å²) in [6.07, 6.45) is 4.43. The fraction of sp³-hybridized carbons (Fsp3) is 0.278. The second kappa shape index (κ2) is 6.36. The smallest absolute Gasteiger partial charge is 0.341 e. The summed E-state index contributed by atoms with van der Waals surface area (Å²) in [6, 6.07) is 4.89. The van der Waals surface area contributed by atoms with E-state index in [0.717, 1.165) is 18.6 Å². The number of benzene rings is 1. The van der Waals surface area contributed by atoms with Crippen LogP contribution < -0.4 is 4.90 Å². The zero-order valence-electron chi connectivity index (χ0n) is 14.0. The summed E-state index contributed by atoms with van der Waals surface area (Å²) >= 11 is 0. The van der Waals surface area contributed by atoms with Gasteiger partial charge in [0, 0.05) is 18.2 Å². The van der Waals surface area contributed by atoms with Gasteiger partial charge in [-0.25, -0.2) is 23.1 Å². The monoisotopic (exact) mass is 358 g/mol. The molecule has 1 aliphatic heterocycles. The van der Waals surface area contributed by atoms with Crippen LogP contribution in [0.3, 0.4) is 0 Å². The number of rotatable bonds is 3. The molecule has 3 heterocycles. The summed E-state index contributed by atoms with van der Waals surface area (Å²) in [5.41, 5.74) is 1.18. The Hall–Kier alpha value is -3.03. The lowest BCUT2D eigenvalue weighted by Gasteiger charge is -2.26. The Morgan fingerprint density at radius 2 is 2.15 bits per heavy atom. The Labute approximate surface area is 148 Å². The van der Waals surface area contributed by atoms with Crippen LogP contribution >= 0.6 is 0 Å². The number of hydrogen-bond acceptors (Lipinski definition) is 5. The van der Waals surface area contributed by atoms with Crippen LogP contribution in [0.25, 0.3) is 5.52 Å². The number of hydrogen-bond donors (Lipinski definition) is 0. The lowest BCUT2D eigenvalue weighted by Crippen LogP contribution is -2.24. The molecule has 1 aliphatic rings. The topological polar surface area (TPSA) is 59.7 Å². The molecule has 6 nitrogen and oxygen atoms in total. The minimum Gasteiger partial charge on any atom is -0.465 e. The van der Waals surface area contributed by atoms with Crippen LogP contribution in [0.2, 0.25) is 0 Å². The highest BCUT2D eigenvalue weighted by Gasteiger charge is 2.30. The predicted octanol–water partition coefficient (Wildman–Crippen LogP) is 3.14. The number of carbonyl (C=O) groups excluding carboxylic acids is 1. The quantitative estimate of drug-likeness (QED) is 0.673. The fourth-order valence-corrected chi connectivity index (χ4v) is 3.44. The molecule has 2 aromatic heterocycles. The van der Waals surface area contributed by atoms with Crippen molar-refractivity contribution in [2.45, 2.75) is 18.9 Å². The van der Waals surface area contributed by atoms with E-state index in [9.17, 15) is 13.6 Å². The van der Waals surface area contributed by atoms with Crippen molar-refractivity contribution in [2.75, 3.05) is 18.6 Å². The normalized spacial score (nSPS) is 17.0. The number of carbonyl (C=O) groups is 1. The molecule has 0 radical (unpaired) electrons. The fourth-order valence-electron chi connectivity index (χ4n) is 3.44. The first-order valence-corrected chi connectivity index (χ1v) is 8.22. The van der Waals surface area contributed by atoms with Crippen LogP contribution in [0.1, 0.15) is 34.8 Å². The second-order valence-electron chi connectivity index (χ2n) is 6.14. The molecular weight excluding hydrogens is 342 g/mol. The Bertz CT molecular complexity index is 988. The Morgan fingerprint density at radius 3 is 2.96 bits per heavy atom. The van der Waals surface area contributed by atoms with Gasteiger partial charge in [0.25, 0.3) is 0 Å². The van der Waals surface area contributed by atoms with Gasteiger partial charge in [-0.05, 0) is 31.0 Å². The van der Waals surface area contributed by atoms with Gasteiger partial charge < -0.3 is 9.64 Å². The van der Waals surface area contributed by atoms with E-state index in [4.69, 9.17) is 4.74 Å². The van der Waals surface area contributed by atoms with Crippen molar-refractivity contribution in [2.24, 2.45) is 0 Å². The van der Waals surface area contributed by atoms with Gasteiger partial charge in [0.05, 0.1) is 24.9 Å². The number of ether oxygens (including phenoxy) is 1. The maximum absolute atomic E-state index is 14.2. The molecule has 1 unspecified atom stereocenters. The summed E-state index contributed by atoms with van der Waals surface area (Å²) in [7, 11) is 1.30. The summed E-state index contributed by atoms with van der Waals surface area (Å²) in [5, 5.41) is 4.08. The minimum absolute atomic E-state index is 0.311. The average molecular weight is 358 g/mol. The third-order valence-electron chi connectivity index (χ3n) is 4.67. The standard InChI is InChI=1S/C18H16F2N4O2/c1-26-18(25)13-9-22-24-10-21-17(8-16(13)24)23-6-2-3-15(23)12-7-11(19)4-5-14(12)20/h4-5,7-10,15H,2-3,6H2,1H3. The molecule has 4 rings (SSSR count). The first kappa shape index (κ1) is 16.4. The van der Waals surface area contributed by atoms with Crippen LogP contribution in [0.4, 0.5) is 14.6 Å². The molecule has 3 aromatic rings. The van der Waals surface area contributed by atoms with E-state index in [1.165, 1.54) is 30.2 Å². The lowest BCUT2D eigenvalue weighted by molar-refractivity contribution is 0.0603. The summed E-state index contributed by atoms with van der Waals surface area (Å²) < 4.78 is 34.1. The van der Waals surface area contributed by atoms with E-state index in [1.54, 1.807) is 6.07 Å². The first-order valence-electron chi connectivity index (χ1n) is 8.22. The van der Waals surface area contributed by atoms with Gasteiger partial charge in [0.15, 0.2) is 0 Å². The maximum Gasteiger partial charge on any atom is 0.341 e. The molecule has 0 spiro atoms. The van der Waals surface area contributed by atoms with Crippen molar-refractivity contribution >= 4 is 17.3 Å². The van der Waals surface area contributed by atoms with Gasteiger partial charge in [-0.1, -0.05) is 0 Å². The van der Waals surface area contributed by atoms with Crippen molar-refractivity contribution in [3.63, 3.8) is 0 Å². The largest absolute Gasteiger partial charge is 0.465 e. The Balaban J connectivity index is 1.76. The summed E-state index contributed by atoms with van der Waals surface area (Å²) in [5.74, 6) is -0.829. The molecule has 0 N–H and O–H groups in total. The summed E-state index contributed by atoms with van der Waals surface area (Å²) in [6.45, 7) is 0.658. The number of aromatic nitrogens is 3. The van der Waals surface area contributed by atoms with Crippen LogP contribution in [0, 0.1) is 11.6 Å². The zero-order valence-corrected chi connectivity index (χ0v) is 14.0. The molecule has 0 saturated carbocycles. The molecule has 0 amide bonds. The number of fused-ring (bicyclic) bond motifs is 1. The third-order valence-corrected chi connectivity index (χ3v) is 4.67. The Morgan fingerprint density at radius 1 is 1.31 bits per heavy atom. The number of nitrogens with zero attached hydrogens (tertiary/aromatic N) is 4. The molecule has 0 aliphatic carbocycles. The molecular formula is C18H16F2N4O2. The van der Waals surface area contributed by atoms with Gasteiger partial charge in [-0.3, -0.25) is 0 Å². The molecule has 1 atom stereocenters. The minimum atomic E-state index is -0.494. The van der Waals surface area contributed by atoms with E-state index in [0.29, 0.717) is 35.4 Å². The highest BCUT2D eigenvalue weighted by molar-refractivity contribution is 5.97. The van der Waals surface area contributed by atoms with Crippen molar-refractivity contribution in [1.82, 2.24) is 14.6 Å². The molecule has 1 fully saturated rings.